The molecule has 0 radical (unpaired) electrons. The van der Waals surface area contributed by atoms with E-state index in [0.717, 1.165) is 31.9 Å². The fraction of sp³-hybridized carbons (Fsp3) is 0.357. The summed E-state index contributed by atoms with van der Waals surface area (Å²) in [5, 5.41) is 9.02. The van der Waals surface area contributed by atoms with Crippen LogP contribution in [0.1, 0.15) is 24.8 Å². The molecule has 0 saturated carbocycles. The van der Waals surface area contributed by atoms with Crippen molar-refractivity contribution in [3.05, 3.63) is 34.9 Å². The molecule has 4 nitrogen and oxygen atoms in total. The van der Waals surface area contributed by atoms with Crippen molar-refractivity contribution in [3.63, 3.8) is 0 Å². The molecular formula is C14H15ClO4. The number of halogens is 1. The quantitative estimate of drug-likeness (QED) is 0.861. The number of hydrogen-bond acceptors (Lipinski definition) is 3. The molecule has 1 heterocycles. The zero-order valence-corrected chi connectivity index (χ0v) is 11.1. The normalized spacial score (nSPS) is 19.5. The predicted molar refractivity (Wildman–Crippen MR) is 72.3 cm³/mol. The van der Waals surface area contributed by atoms with Crippen LogP contribution in [0.4, 0.5) is 0 Å². The van der Waals surface area contributed by atoms with E-state index in [2.05, 4.69) is 0 Å². The van der Waals surface area contributed by atoms with Crippen molar-refractivity contribution in [3.8, 4) is 5.75 Å². The van der Waals surface area contributed by atoms with E-state index >= 15 is 0 Å². The average Bonchev–Trinajstić information content (AvgIpc) is 2.39. The lowest BCUT2D eigenvalue weighted by Gasteiger charge is -2.23. The average molecular weight is 283 g/mol. The maximum absolute atomic E-state index is 10.4. The van der Waals surface area contributed by atoms with Crippen LogP contribution in [0.15, 0.2) is 24.3 Å². The van der Waals surface area contributed by atoms with Crippen LogP contribution in [0, 0.1) is 0 Å². The largest absolute Gasteiger partial charge is 0.478 e. The number of ether oxygens (including phenoxy) is 2. The second-order valence-corrected chi connectivity index (χ2v) is 4.68. The molecule has 1 N–H and O–H groups in total. The van der Waals surface area contributed by atoms with Crippen LogP contribution < -0.4 is 4.74 Å². The molecule has 1 atom stereocenters. The van der Waals surface area contributed by atoms with Crippen molar-refractivity contribution >= 4 is 23.6 Å². The first kappa shape index (κ1) is 13.9. The Morgan fingerprint density at radius 3 is 2.95 bits per heavy atom. The highest BCUT2D eigenvalue weighted by molar-refractivity contribution is 6.32. The molecule has 1 aliphatic rings. The number of carboxylic acids is 1. The number of benzene rings is 1. The van der Waals surface area contributed by atoms with Gasteiger partial charge in [-0.15, -0.1) is 0 Å². The van der Waals surface area contributed by atoms with Crippen LogP contribution >= 0.6 is 11.6 Å². The first-order chi connectivity index (χ1) is 9.15. The summed E-state index contributed by atoms with van der Waals surface area (Å²) < 4.78 is 11.1. The Kier molecular flexibility index (Phi) is 4.82. The van der Waals surface area contributed by atoms with Gasteiger partial charge in [0.2, 0.25) is 0 Å². The minimum atomic E-state index is -1.01. The molecule has 1 aromatic carbocycles. The van der Waals surface area contributed by atoms with Crippen molar-refractivity contribution in [2.75, 3.05) is 6.61 Å². The van der Waals surface area contributed by atoms with Crippen molar-refractivity contribution in [1.29, 1.82) is 0 Å². The third kappa shape index (κ3) is 4.26. The smallest absolute Gasteiger partial charge is 0.328 e. The Hall–Kier alpha value is -1.52. The second kappa shape index (κ2) is 6.59. The number of rotatable bonds is 4. The molecule has 1 saturated heterocycles. The van der Waals surface area contributed by atoms with Gasteiger partial charge in [-0.2, -0.15) is 0 Å². The van der Waals surface area contributed by atoms with Gasteiger partial charge in [0.1, 0.15) is 5.75 Å². The lowest BCUT2D eigenvalue weighted by molar-refractivity contribution is -0.131. The fourth-order valence-corrected chi connectivity index (χ4v) is 2.07. The molecule has 0 spiro atoms. The van der Waals surface area contributed by atoms with Crippen LogP contribution in [0.5, 0.6) is 5.75 Å². The zero-order valence-electron chi connectivity index (χ0n) is 10.3. The lowest BCUT2D eigenvalue weighted by atomic mass is 10.2. The van der Waals surface area contributed by atoms with Gasteiger partial charge in [-0.1, -0.05) is 11.6 Å². The standard InChI is InChI=1S/C14H15ClO4/c15-12-9-11(19-14-3-1-2-8-18-14)6-4-10(12)5-7-13(16)17/h4-7,9,14H,1-3,8H2,(H,16,17). The molecule has 102 valence electrons. The summed E-state index contributed by atoms with van der Waals surface area (Å²) in [4.78, 5) is 10.4. The molecule has 0 aromatic heterocycles. The molecule has 1 aliphatic heterocycles. The van der Waals surface area contributed by atoms with Gasteiger partial charge < -0.3 is 14.6 Å². The van der Waals surface area contributed by atoms with E-state index in [4.69, 9.17) is 26.2 Å². The summed E-state index contributed by atoms with van der Waals surface area (Å²) in [5.41, 5.74) is 0.640. The highest BCUT2D eigenvalue weighted by Gasteiger charge is 2.15. The van der Waals surface area contributed by atoms with Crippen molar-refractivity contribution < 1.29 is 19.4 Å². The summed E-state index contributed by atoms with van der Waals surface area (Å²) in [7, 11) is 0. The molecule has 19 heavy (non-hydrogen) atoms. The van der Waals surface area contributed by atoms with E-state index in [1.54, 1.807) is 18.2 Å². The van der Waals surface area contributed by atoms with Gasteiger partial charge >= 0.3 is 5.97 Å². The lowest BCUT2D eigenvalue weighted by Crippen LogP contribution is -2.24. The Morgan fingerprint density at radius 2 is 2.32 bits per heavy atom. The van der Waals surface area contributed by atoms with Crippen LogP contribution in [0.2, 0.25) is 5.02 Å². The van der Waals surface area contributed by atoms with Gasteiger partial charge in [-0.25, -0.2) is 4.79 Å². The second-order valence-electron chi connectivity index (χ2n) is 4.27. The zero-order chi connectivity index (χ0) is 13.7. The number of carbonyl (C=O) groups is 1. The monoisotopic (exact) mass is 282 g/mol. The van der Waals surface area contributed by atoms with Crippen LogP contribution in [-0.2, 0) is 9.53 Å². The third-order valence-corrected chi connectivity index (χ3v) is 3.11. The summed E-state index contributed by atoms with van der Waals surface area (Å²) >= 11 is 6.07. The van der Waals surface area contributed by atoms with Gasteiger partial charge in [-0.3, -0.25) is 0 Å². The van der Waals surface area contributed by atoms with E-state index in [1.165, 1.54) is 6.08 Å². The Balaban J connectivity index is 2.03. The molecule has 5 heteroatoms. The summed E-state index contributed by atoms with van der Waals surface area (Å²) in [6.07, 6.45) is 5.32. The highest BCUT2D eigenvalue weighted by Crippen LogP contribution is 2.26. The van der Waals surface area contributed by atoms with Gasteiger partial charge in [-0.05, 0) is 42.7 Å². The van der Waals surface area contributed by atoms with E-state index in [-0.39, 0.29) is 6.29 Å². The van der Waals surface area contributed by atoms with Gasteiger partial charge in [0.25, 0.3) is 0 Å². The molecular weight excluding hydrogens is 268 g/mol. The minimum absolute atomic E-state index is 0.217. The first-order valence-corrected chi connectivity index (χ1v) is 6.52. The van der Waals surface area contributed by atoms with Crippen LogP contribution in [-0.4, -0.2) is 24.0 Å². The first-order valence-electron chi connectivity index (χ1n) is 6.14. The Bertz CT molecular complexity index is 478. The molecule has 2 rings (SSSR count). The summed E-state index contributed by atoms with van der Waals surface area (Å²) in [6.45, 7) is 0.720. The Morgan fingerprint density at radius 1 is 1.47 bits per heavy atom. The third-order valence-electron chi connectivity index (χ3n) is 2.78. The van der Waals surface area contributed by atoms with Crippen molar-refractivity contribution in [2.24, 2.45) is 0 Å². The molecule has 1 aromatic rings. The van der Waals surface area contributed by atoms with Crippen LogP contribution in [0.25, 0.3) is 6.08 Å². The molecule has 1 fully saturated rings. The van der Waals surface area contributed by atoms with Crippen molar-refractivity contribution in [1.82, 2.24) is 0 Å². The summed E-state index contributed by atoms with van der Waals surface area (Å²) in [5.74, 6) is -0.378. The van der Waals surface area contributed by atoms with E-state index < -0.39 is 5.97 Å². The molecule has 0 aliphatic carbocycles. The number of hydrogen-bond donors (Lipinski definition) is 1. The van der Waals surface area contributed by atoms with Crippen LogP contribution in [0.3, 0.4) is 0 Å². The molecule has 0 amide bonds. The van der Waals surface area contributed by atoms with Crippen molar-refractivity contribution in [2.45, 2.75) is 25.6 Å². The maximum Gasteiger partial charge on any atom is 0.328 e. The topological polar surface area (TPSA) is 55.8 Å². The van der Waals surface area contributed by atoms with Gasteiger partial charge in [0, 0.05) is 12.5 Å². The number of aliphatic carboxylic acids is 1. The van der Waals surface area contributed by atoms with Gasteiger partial charge in [0.05, 0.1) is 11.6 Å². The van der Waals surface area contributed by atoms with E-state index in [1.807, 2.05) is 0 Å². The highest BCUT2D eigenvalue weighted by atomic mass is 35.5. The SMILES string of the molecule is O=C(O)C=Cc1ccc(OC2CCCCO2)cc1Cl. The number of carboxylic acid groups (broad SMARTS) is 1. The van der Waals surface area contributed by atoms with Gasteiger partial charge in [0.15, 0.2) is 6.29 Å². The van der Waals surface area contributed by atoms with E-state index in [9.17, 15) is 4.79 Å². The molecule has 1 unspecified atom stereocenters. The Labute approximate surface area is 116 Å². The molecule has 0 bridgehead atoms. The maximum atomic E-state index is 10.4. The fourth-order valence-electron chi connectivity index (χ4n) is 1.83. The predicted octanol–water partition coefficient (Wildman–Crippen LogP) is 3.34. The van der Waals surface area contributed by atoms with E-state index in [0.29, 0.717) is 16.3 Å². The minimum Gasteiger partial charge on any atom is -0.478 e. The summed E-state index contributed by atoms with van der Waals surface area (Å²) in [6, 6.07) is 5.15.